The van der Waals surface area contributed by atoms with Crippen LogP contribution >= 0.6 is 0 Å². The van der Waals surface area contributed by atoms with Gasteiger partial charge in [0.1, 0.15) is 17.4 Å². The van der Waals surface area contributed by atoms with Crippen LogP contribution in [0.3, 0.4) is 0 Å². The Morgan fingerprint density at radius 2 is 1.85 bits per heavy atom. The van der Waals surface area contributed by atoms with Crippen molar-refractivity contribution in [2.45, 2.75) is 26.7 Å². The van der Waals surface area contributed by atoms with Gasteiger partial charge < -0.3 is 9.80 Å². The lowest BCUT2D eigenvalue weighted by atomic mass is 10.0. The van der Waals surface area contributed by atoms with Crippen LogP contribution in [0.1, 0.15) is 41.0 Å². The van der Waals surface area contributed by atoms with E-state index in [4.69, 9.17) is 0 Å². The number of amides is 1. The minimum Gasteiger partial charge on any atom is -0.350 e. The SMILES string of the molecule is CCc1nnc(N2CCN(C(=O)c3ccccc3F)CC2)c(C#N)c1CC. The van der Waals surface area contributed by atoms with Crippen molar-refractivity contribution in [2.75, 3.05) is 31.1 Å². The first-order valence-corrected chi connectivity index (χ1v) is 9.17. The first kappa shape index (κ1) is 18.8. The Bertz CT molecular complexity index is 884. The predicted octanol–water partition coefficient (Wildman–Crippen LogP) is 2.57. The summed E-state index contributed by atoms with van der Waals surface area (Å²) >= 11 is 0. The summed E-state index contributed by atoms with van der Waals surface area (Å²) in [6.45, 7) is 5.94. The molecule has 0 saturated carbocycles. The van der Waals surface area contributed by atoms with E-state index in [0.29, 0.717) is 37.6 Å². The normalized spacial score (nSPS) is 14.1. The molecule has 27 heavy (non-hydrogen) atoms. The van der Waals surface area contributed by atoms with Gasteiger partial charge in [0.2, 0.25) is 0 Å². The lowest BCUT2D eigenvalue weighted by Crippen LogP contribution is -2.49. The molecule has 6 nitrogen and oxygen atoms in total. The molecular formula is C20H22FN5O. The molecule has 1 saturated heterocycles. The van der Waals surface area contributed by atoms with E-state index in [-0.39, 0.29) is 11.5 Å². The van der Waals surface area contributed by atoms with Crippen LogP contribution in [0, 0.1) is 17.1 Å². The van der Waals surface area contributed by atoms with Gasteiger partial charge in [-0.25, -0.2) is 4.39 Å². The Balaban J connectivity index is 1.78. The standard InChI is InChI=1S/C20H22FN5O/c1-3-14-16(13-22)19(24-23-18(14)4-2)25-9-11-26(12-10-25)20(27)15-7-5-6-8-17(15)21/h5-8H,3-4,9-12H2,1-2H3. The number of hydrogen-bond acceptors (Lipinski definition) is 5. The maximum absolute atomic E-state index is 13.9. The Labute approximate surface area is 158 Å². The lowest BCUT2D eigenvalue weighted by Gasteiger charge is -2.35. The second-order valence-electron chi connectivity index (χ2n) is 6.40. The topological polar surface area (TPSA) is 73.1 Å². The molecule has 1 aliphatic heterocycles. The summed E-state index contributed by atoms with van der Waals surface area (Å²) in [4.78, 5) is 16.2. The quantitative estimate of drug-likeness (QED) is 0.830. The molecule has 7 heteroatoms. The number of aromatic nitrogens is 2. The first-order valence-electron chi connectivity index (χ1n) is 9.17. The van der Waals surface area contributed by atoms with Gasteiger partial charge in [0.25, 0.3) is 5.91 Å². The number of anilines is 1. The minimum atomic E-state index is -0.509. The minimum absolute atomic E-state index is 0.0871. The summed E-state index contributed by atoms with van der Waals surface area (Å²) in [6, 6.07) is 8.29. The zero-order valence-corrected chi connectivity index (χ0v) is 15.6. The molecule has 1 aromatic carbocycles. The van der Waals surface area contributed by atoms with Crippen LogP contribution in [0.25, 0.3) is 0 Å². The third-order valence-corrected chi connectivity index (χ3v) is 4.91. The van der Waals surface area contributed by atoms with Gasteiger partial charge in [-0.05, 0) is 30.5 Å². The third-order valence-electron chi connectivity index (χ3n) is 4.91. The van der Waals surface area contributed by atoms with Crippen LogP contribution in [0.4, 0.5) is 10.2 Å². The summed E-state index contributed by atoms with van der Waals surface area (Å²) in [6.07, 6.45) is 1.45. The Morgan fingerprint density at radius 3 is 2.44 bits per heavy atom. The number of piperazine rings is 1. The van der Waals surface area contributed by atoms with E-state index < -0.39 is 5.82 Å². The molecule has 0 unspecified atom stereocenters. The van der Waals surface area contributed by atoms with Gasteiger partial charge in [0, 0.05) is 26.2 Å². The molecule has 0 radical (unpaired) electrons. The van der Waals surface area contributed by atoms with Crippen molar-refractivity contribution >= 4 is 11.7 Å². The van der Waals surface area contributed by atoms with Gasteiger partial charge >= 0.3 is 0 Å². The van der Waals surface area contributed by atoms with E-state index in [2.05, 4.69) is 16.3 Å². The van der Waals surface area contributed by atoms with Crippen molar-refractivity contribution in [3.8, 4) is 6.07 Å². The molecule has 2 heterocycles. The van der Waals surface area contributed by atoms with Gasteiger partial charge in [-0.1, -0.05) is 26.0 Å². The molecule has 0 spiro atoms. The highest BCUT2D eigenvalue weighted by molar-refractivity contribution is 5.94. The molecule has 1 amide bonds. The van der Waals surface area contributed by atoms with Gasteiger partial charge in [-0.15, -0.1) is 5.10 Å². The van der Waals surface area contributed by atoms with Crippen molar-refractivity contribution in [3.63, 3.8) is 0 Å². The average molecular weight is 367 g/mol. The van der Waals surface area contributed by atoms with Crippen LogP contribution < -0.4 is 4.90 Å². The monoisotopic (exact) mass is 367 g/mol. The van der Waals surface area contributed by atoms with E-state index in [0.717, 1.165) is 24.1 Å². The van der Waals surface area contributed by atoms with E-state index in [9.17, 15) is 14.4 Å². The number of aryl methyl sites for hydroxylation is 1. The average Bonchev–Trinajstić information content (AvgIpc) is 2.72. The Kier molecular flexibility index (Phi) is 5.65. The molecule has 0 bridgehead atoms. The van der Waals surface area contributed by atoms with Crippen LogP contribution in [0.5, 0.6) is 0 Å². The molecule has 1 fully saturated rings. The smallest absolute Gasteiger partial charge is 0.256 e. The van der Waals surface area contributed by atoms with Crippen molar-refractivity contribution in [1.82, 2.24) is 15.1 Å². The summed E-state index contributed by atoms with van der Waals surface area (Å²) in [5.74, 6) is -0.246. The van der Waals surface area contributed by atoms with E-state index in [1.165, 1.54) is 12.1 Å². The van der Waals surface area contributed by atoms with Crippen molar-refractivity contribution in [3.05, 3.63) is 52.5 Å². The van der Waals surface area contributed by atoms with Crippen molar-refractivity contribution in [2.24, 2.45) is 0 Å². The number of nitriles is 1. The zero-order chi connectivity index (χ0) is 19.4. The molecular weight excluding hydrogens is 345 g/mol. The van der Waals surface area contributed by atoms with Crippen LogP contribution in [0.15, 0.2) is 24.3 Å². The lowest BCUT2D eigenvalue weighted by molar-refractivity contribution is 0.0741. The highest BCUT2D eigenvalue weighted by atomic mass is 19.1. The number of nitrogens with zero attached hydrogens (tertiary/aromatic N) is 5. The van der Waals surface area contributed by atoms with E-state index in [1.807, 2.05) is 18.7 Å². The van der Waals surface area contributed by atoms with Gasteiger partial charge in [0.05, 0.1) is 11.3 Å². The van der Waals surface area contributed by atoms with Crippen molar-refractivity contribution < 1.29 is 9.18 Å². The fraction of sp³-hybridized carbons (Fsp3) is 0.400. The fourth-order valence-corrected chi connectivity index (χ4v) is 3.43. The third kappa shape index (κ3) is 3.61. The number of carbonyl (C=O) groups excluding carboxylic acids is 1. The number of rotatable bonds is 4. The summed E-state index contributed by atoms with van der Waals surface area (Å²) in [7, 11) is 0. The number of carbonyl (C=O) groups is 1. The van der Waals surface area contributed by atoms with E-state index in [1.54, 1.807) is 17.0 Å². The Hall–Kier alpha value is -3.01. The molecule has 140 valence electrons. The molecule has 0 aliphatic carbocycles. The molecule has 1 aliphatic rings. The molecule has 1 aromatic heterocycles. The molecule has 3 rings (SSSR count). The summed E-state index contributed by atoms with van der Waals surface area (Å²) < 4.78 is 13.9. The second kappa shape index (κ2) is 8.12. The fourth-order valence-electron chi connectivity index (χ4n) is 3.43. The predicted molar refractivity (Wildman–Crippen MR) is 100 cm³/mol. The second-order valence-corrected chi connectivity index (χ2v) is 6.40. The van der Waals surface area contributed by atoms with Gasteiger partial charge in [0.15, 0.2) is 5.82 Å². The van der Waals surface area contributed by atoms with Crippen LogP contribution in [-0.2, 0) is 12.8 Å². The number of hydrogen-bond donors (Lipinski definition) is 0. The summed E-state index contributed by atoms with van der Waals surface area (Å²) in [5.41, 5.74) is 2.45. The first-order chi connectivity index (χ1) is 13.1. The largest absolute Gasteiger partial charge is 0.350 e. The maximum atomic E-state index is 13.9. The molecule has 0 atom stereocenters. The highest BCUT2D eigenvalue weighted by Crippen LogP contribution is 2.24. The number of benzene rings is 1. The maximum Gasteiger partial charge on any atom is 0.256 e. The number of halogens is 1. The van der Waals surface area contributed by atoms with E-state index >= 15 is 0 Å². The Morgan fingerprint density at radius 1 is 1.15 bits per heavy atom. The molecule has 0 N–H and O–H groups in total. The van der Waals surface area contributed by atoms with Gasteiger partial charge in [-0.2, -0.15) is 10.4 Å². The zero-order valence-electron chi connectivity index (χ0n) is 15.6. The highest BCUT2D eigenvalue weighted by Gasteiger charge is 2.27. The van der Waals surface area contributed by atoms with Crippen molar-refractivity contribution in [1.29, 1.82) is 5.26 Å². The molecule has 2 aromatic rings. The summed E-state index contributed by atoms with van der Waals surface area (Å²) in [5, 5.41) is 18.2. The van der Waals surface area contributed by atoms with Gasteiger partial charge in [-0.3, -0.25) is 4.79 Å². The van der Waals surface area contributed by atoms with Crippen LogP contribution in [-0.4, -0.2) is 47.2 Å². The van der Waals surface area contributed by atoms with Crippen LogP contribution in [0.2, 0.25) is 0 Å².